The minimum Gasteiger partial charge on any atom is -0.494 e. The molecule has 1 unspecified atom stereocenters. The predicted molar refractivity (Wildman–Crippen MR) is 158 cm³/mol. The topological polar surface area (TPSA) is 138 Å². The lowest BCUT2D eigenvalue weighted by atomic mass is 10.0. The average Bonchev–Trinajstić information content (AvgIpc) is 2.97. The number of imide groups is 2. The van der Waals surface area contributed by atoms with Gasteiger partial charge >= 0.3 is 6.09 Å². The van der Waals surface area contributed by atoms with Gasteiger partial charge in [-0.25, -0.2) is 9.78 Å². The number of rotatable bonds is 9. The molecular formula is C31H39N5O7. The highest BCUT2D eigenvalue weighted by Gasteiger charge is 2.35. The number of aryl methyl sites for hydroxylation is 2. The molecule has 2 aliphatic rings. The van der Waals surface area contributed by atoms with E-state index in [1.165, 1.54) is 0 Å². The zero-order chi connectivity index (χ0) is 31.1. The number of carbonyl (C=O) groups excluding carboxylic acids is 5. The minimum atomic E-state index is -1.03. The van der Waals surface area contributed by atoms with E-state index in [2.05, 4.69) is 15.2 Å². The number of aromatic nitrogens is 1. The second kappa shape index (κ2) is 13.7. The van der Waals surface area contributed by atoms with Gasteiger partial charge in [0.15, 0.2) is 0 Å². The van der Waals surface area contributed by atoms with Crippen molar-refractivity contribution >= 4 is 36.0 Å². The Bertz CT molecular complexity index is 1350. The van der Waals surface area contributed by atoms with Crippen LogP contribution in [0.25, 0.3) is 0 Å². The molecule has 1 N–H and O–H groups in total. The Hall–Kier alpha value is -4.48. The fourth-order valence-corrected chi connectivity index (χ4v) is 4.93. The predicted octanol–water partition coefficient (Wildman–Crippen LogP) is 2.86. The largest absolute Gasteiger partial charge is 0.494 e. The third-order valence-electron chi connectivity index (χ3n) is 7.28. The molecule has 0 bridgehead atoms. The van der Waals surface area contributed by atoms with Gasteiger partial charge in [-0.15, -0.1) is 0 Å². The molecular weight excluding hydrogens is 554 g/mol. The Morgan fingerprint density at radius 1 is 1.12 bits per heavy atom. The van der Waals surface area contributed by atoms with Crippen molar-refractivity contribution in [1.82, 2.24) is 20.1 Å². The molecule has 12 nitrogen and oxygen atoms in total. The molecule has 12 heteroatoms. The van der Waals surface area contributed by atoms with Crippen LogP contribution in [0.5, 0.6) is 5.75 Å². The molecule has 1 aromatic carbocycles. The summed E-state index contributed by atoms with van der Waals surface area (Å²) in [7, 11) is 0. The quantitative estimate of drug-likeness (QED) is 0.264. The fourth-order valence-electron chi connectivity index (χ4n) is 4.93. The number of hydrogen-bond acceptors (Lipinski definition) is 9. The molecule has 2 aliphatic heterocycles. The summed E-state index contributed by atoms with van der Waals surface area (Å²) >= 11 is 0. The van der Waals surface area contributed by atoms with Gasteiger partial charge in [-0.05, 0) is 76.3 Å². The summed E-state index contributed by atoms with van der Waals surface area (Å²) in [6.45, 7) is 10.2. The van der Waals surface area contributed by atoms with Crippen LogP contribution in [-0.4, -0.2) is 89.4 Å². The van der Waals surface area contributed by atoms with Crippen molar-refractivity contribution < 1.29 is 33.4 Å². The van der Waals surface area contributed by atoms with E-state index in [9.17, 15) is 24.0 Å². The van der Waals surface area contributed by atoms with Crippen LogP contribution >= 0.6 is 0 Å². The highest BCUT2D eigenvalue weighted by molar-refractivity contribution is 6.07. The maximum atomic E-state index is 13.2. The monoisotopic (exact) mass is 593 g/mol. The fraction of sp³-hybridized carbons (Fsp3) is 0.484. The van der Waals surface area contributed by atoms with Gasteiger partial charge in [0.25, 0.3) is 5.91 Å². The second-order valence-electron chi connectivity index (χ2n) is 11.7. The van der Waals surface area contributed by atoms with E-state index in [0.717, 1.165) is 22.7 Å². The summed E-state index contributed by atoms with van der Waals surface area (Å²) < 4.78 is 11.4. The van der Waals surface area contributed by atoms with Crippen molar-refractivity contribution in [3.8, 4) is 5.75 Å². The number of piperazine rings is 1. The zero-order valence-corrected chi connectivity index (χ0v) is 25.1. The van der Waals surface area contributed by atoms with Crippen LogP contribution in [0.15, 0.2) is 36.5 Å². The van der Waals surface area contributed by atoms with E-state index in [0.29, 0.717) is 56.9 Å². The Morgan fingerprint density at radius 3 is 2.49 bits per heavy atom. The van der Waals surface area contributed by atoms with Gasteiger partial charge in [-0.1, -0.05) is 12.1 Å². The second-order valence-corrected chi connectivity index (χ2v) is 11.7. The Morgan fingerprint density at radius 2 is 1.86 bits per heavy atom. The molecule has 2 saturated heterocycles. The number of hydrogen-bond donors (Lipinski definition) is 1. The Balaban J connectivity index is 1.25. The zero-order valence-electron chi connectivity index (χ0n) is 25.1. The van der Waals surface area contributed by atoms with Crippen molar-refractivity contribution in [2.45, 2.75) is 65.0 Å². The van der Waals surface area contributed by atoms with Crippen LogP contribution in [-0.2, 0) is 25.5 Å². The van der Waals surface area contributed by atoms with E-state index >= 15 is 0 Å². The third-order valence-corrected chi connectivity index (χ3v) is 7.28. The number of amides is 5. The number of benzene rings is 1. The summed E-state index contributed by atoms with van der Waals surface area (Å²) in [5, 5.41) is 2.18. The number of carbonyl (C=O) groups is 5. The van der Waals surface area contributed by atoms with E-state index in [4.69, 9.17) is 9.47 Å². The van der Waals surface area contributed by atoms with Crippen molar-refractivity contribution in [1.29, 1.82) is 0 Å². The summed E-state index contributed by atoms with van der Waals surface area (Å²) in [5.41, 5.74) is 1.43. The summed E-state index contributed by atoms with van der Waals surface area (Å²) in [6.07, 6.45) is 3.49. The molecule has 5 amide bonds. The highest BCUT2D eigenvalue weighted by Crippen LogP contribution is 2.22. The number of piperidine rings is 1. The van der Waals surface area contributed by atoms with Crippen molar-refractivity contribution in [2.24, 2.45) is 0 Å². The minimum absolute atomic E-state index is 0.0568. The number of nitrogens with zero attached hydrogens (tertiary/aromatic N) is 4. The van der Waals surface area contributed by atoms with Crippen LogP contribution in [0, 0.1) is 6.92 Å². The maximum Gasteiger partial charge on any atom is 0.410 e. The third kappa shape index (κ3) is 8.30. The first-order valence-corrected chi connectivity index (χ1v) is 14.5. The van der Waals surface area contributed by atoms with Crippen molar-refractivity contribution in [2.75, 3.05) is 37.7 Å². The Labute approximate surface area is 251 Å². The molecule has 1 aromatic heterocycles. The van der Waals surface area contributed by atoms with Gasteiger partial charge in [0.2, 0.25) is 18.2 Å². The molecule has 230 valence electrons. The van der Waals surface area contributed by atoms with Gasteiger partial charge in [0, 0.05) is 44.4 Å². The van der Waals surface area contributed by atoms with Crippen LogP contribution in [0.4, 0.5) is 10.6 Å². The van der Waals surface area contributed by atoms with Gasteiger partial charge < -0.3 is 19.3 Å². The molecule has 2 aromatic rings. The number of nitrogens with one attached hydrogen (secondary N) is 1. The van der Waals surface area contributed by atoms with Crippen molar-refractivity contribution in [3.05, 3.63) is 53.2 Å². The Kier molecular flexibility index (Phi) is 9.99. The highest BCUT2D eigenvalue weighted by atomic mass is 16.6. The van der Waals surface area contributed by atoms with Crippen LogP contribution < -0.4 is 15.0 Å². The lowest BCUT2D eigenvalue weighted by molar-refractivity contribution is -0.139. The summed E-state index contributed by atoms with van der Waals surface area (Å²) in [4.78, 5) is 70.2. The van der Waals surface area contributed by atoms with E-state index in [1.807, 2.05) is 39.1 Å². The lowest BCUT2D eigenvalue weighted by Crippen LogP contribution is -2.53. The van der Waals surface area contributed by atoms with Crippen LogP contribution in [0.1, 0.15) is 61.5 Å². The summed E-state index contributed by atoms with van der Waals surface area (Å²) in [5.74, 6) is -0.368. The number of ether oxygens (including phenoxy) is 2. The van der Waals surface area contributed by atoms with E-state index in [-0.39, 0.29) is 24.5 Å². The number of pyridine rings is 1. The molecule has 1 atom stereocenters. The molecule has 0 radical (unpaired) electrons. The van der Waals surface area contributed by atoms with E-state index in [1.54, 1.807) is 30.0 Å². The first-order chi connectivity index (χ1) is 20.4. The number of anilines is 1. The molecule has 0 saturated carbocycles. The first-order valence-electron chi connectivity index (χ1n) is 14.5. The molecule has 3 heterocycles. The van der Waals surface area contributed by atoms with Gasteiger partial charge in [-0.2, -0.15) is 0 Å². The van der Waals surface area contributed by atoms with Gasteiger partial charge in [0.1, 0.15) is 23.2 Å². The summed E-state index contributed by atoms with van der Waals surface area (Å²) in [6, 6.07) is 8.04. The normalized spacial score (nSPS) is 17.3. The molecule has 43 heavy (non-hydrogen) atoms. The molecule has 2 fully saturated rings. The van der Waals surface area contributed by atoms with Gasteiger partial charge in [0.05, 0.1) is 6.61 Å². The molecule has 4 rings (SSSR count). The molecule has 0 spiro atoms. The van der Waals surface area contributed by atoms with Crippen LogP contribution in [0.2, 0.25) is 0 Å². The van der Waals surface area contributed by atoms with Crippen molar-refractivity contribution in [3.63, 3.8) is 0 Å². The smallest absolute Gasteiger partial charge is 0.410 e. The standard InChI is InChI=1S/C31H39N5O7/c1-21-7-9-23(18-24(21)29(40)36(20-37)25-10-12-27(38)33-28(25)39)42-17-5-6-22-8-11-26(32-19-22)34-13-15-35(16-14-34)30(41)43-31(2,3)4/h7-9,11,18-20,25H,5-6,10,12-17H2,1-4H3,(H,33,38,39). The SMILES string of the molecule is Cc1ccc(OCCCc2ccc(N3CCN(C(=O)OC(C)(C)C)CC3)nc2)cc1C(=O)N(C=O)C1CCC(=O)NC1=O. The molecule has 0 aliphatic carbocycles. The van der Waals surface area contributed by atoms with E-state index < -0.39 is 29.4 Å². The average molecular weight is 594 g/mol. The maximum absolute atomic E-state index is 13.2. The van der Waals surface area contributed by atoms with Crippen LogP contribution in [0.3, 0.4) is 0 Å². The first kappa shape index (κ1) is 31.5. The van der Waals surface area contributed by atoms with Gasteiger partial charge in [-0.3, -0.25) is 29.4 Å². The lowest BCUT2D eigenvalue weighted by Gasteiger charge is -2.36.